The van der Waals surface area contributed by atoms with Gasteiger partial charge in [-0.05, 0) is 51.6 Å². The molecule has 0 bridgehead atoms. The Balaban J connectivity index is 1.48. The van der Waals surface area contributed by atoms with E-state index < -0.39 is 11.7 Å². The first-order valence-corrected chi connectivity index (χ1v) is 13.4. The summed E-state index contributed by atoms with van der Waals surface area (Å²) in [5, 5.41) is 0. The maximum Gasteiger partial charge on any atom is 0.422 e. The van der Waals surface area contributed by atoms with Gasteiger partial charge in [0.15, 0.2) is 24.8 Å². The van der Waals surface area contributed by atoms with E-state index in [0.29, 0.717) is 0 Å². The van der Waals surface area contributed by atoms with Crippen LogP contribution >= 0.6 is 0 Å². The van der Waals surface area contributed by atoms with Crippen LogP contribution in [-0.2, 0) is 23.6 Å². The number of unbranched alkanes of at least 4 members (excludes halogenated alkanes) is 1. The van der Waals surface area contributed by atoms with Crippen molar-refractivity contribution in [1.82, 2.24) is 0 Å². The summed E-state index contributed by atoms with van der Waals surface area (Å²) in [6.45, 7) is 12.2. The molecule has 0 amide bonds. The molecule has 2 nitrogen and oxygen atoms in total. The van der Waals surface area contributed by atoms with E-state index in [0.717, 1.165) is 36.6 Å². The predicted octanol–water partition coefficient (Wildman–Crippen LogP) is 7.68. The predicted molar refractivity (Wildman–Crippen MR) is 143 cm³/mol. The van der Waals surface area contributed by atoms with Crippen molar-refractivity contribution >= 4 is 0 Å². The largest absolute Gasteiger partial charge is 0.422 e. The van der Waals surface area contributed by atoms with Crippen molar-refractivity contribution in [2.45, 2.75) is 71.0 Å². The molecular formula is C33H33F3N2+2. The van der Waals surface area contributed by atoms with E-state index in [4.69, 9.17) is 0 Å². The third-order valence-electron chi connectivity index (χ3n) is 8.67. The molecule has 0 N–H and O–H groups in total. The summed E-state index contributed by atoms with van der Waals surface area (Å²) >= 11 is 0. The zero-order valence-corrected chi connectivity index (χ0v) is 22.6. The molecule has 2 aliphatic carbocycles. The molecule has 0 fully saturated rings. The van der Waals surface area contributed by atoms with Gasteiger partial charge in [-0.15, -0.1) is 0 Å². The monoisotopic (exact) mass is 514 g/mol. The molecular weight excluding hydrogens is 481 g/mol. The highest BCUT2D eigenvalue weighted by Gasteiger charge is 2.44. The van der Waals surface area contributed by atoms with Crippen LogP contribution in [0.5, 0.6) is 0 Å². The molecule has 0 aliphatic heterocycles. The second-order valence-corrected chi connectivity index (χ2v) is 11.8. The van der Waals surface area contributed by atoms with E-state index in [2.05, 4.69) is 69.8 Å². The number of hydrogen-bond donors (Lipinski definition) is 0. The lowest BCUT2D eigenvalue weighted by Crippen LogP contribution is -2.34. The molecule has 2 heterocycles. The number of nitrogens with zero attached hydrogens (tertiary/aromatic N) is 2. The van der Waals surface area contributed by atoms with Gasteiger partial charge in [0, 0.05) is 46.6 Å². The van der Waals surface area contributed by atoms with Crippen LogP contribution in [0.1, 0.15) is 75.3 Å². The molecule has 4 aromatic rings. The van der Waals surface area contributed by atoms with Crippen LogP contribution in [0, 0.1) is 0 Å². The summed E-state index contributed by atoms with van der Waals surface area (Å²) in [5.41, 5.74) is 8.77. The van der Waals surface area contributed by atoms with Crippen molar-refractivity contribution in [1.29, 1.82) is 0 Å². The van der Waals surface area contributed by atoms with Gasteiger partial charge in [-0.3, -0.25) is 0 Å². The Morgan fingerprint density at radius 2 is 1.29 bits per heavy atom. The lowest BCUT2D eigenvalue weighted by Gasteiger charge is -2.23. The van der Waals surface area contributed by atoms with Gasteiger partial charge >= 0.3 is 6.18 Å². The van der Waals surface area contributed by atoms with E-state index in [1.54, 1.807) is 16.8 Å². The first-order valence-electron chi connectivity index (χ1n) is 13.4. The number of aromatic nitrogens is 2. The minimum absolute atomic E-state index is 0.137. The minimum Gasteiger partial charge on any atom is -0.205 e. The van der Waals surface area contributed by atoms with E-state index in [-0.39, 0.29) is 16.5 Å². The molecule has 2 aliphatic rings. The smallest absolute Gasteiger partial charge is 0.205 e. The number of rotatable bonds is 4. The Kier molecular flexibility index (Phi) is 5.40. The van der Waals surface area contributed by atoms with Crippen molar-refractivity contribution in [3.05, 3.63) is 101 Å². The van der Waals surface area contributed by atoms with Crippen LogP contribution < -0.4 is 9.13 Å². The second-order valence-electron chi connectivity index (χ2n) is 11.8. The van der Waals surface area contributed by atoms with Crippen LogP contribution in [0.4, 0.5) is 13.2 Å². The fourth-order valence-electron chi connectivity index (χ4n) is 6.44. The summed E-state index contributed by atoms with van der Waals surface area (Å²) in [6, 6.07) is 14.7. The van der Waals surface area contributed by atoms with Crippen molar-refractivity contribution in [3.8, 4) is 27.9 Å². The molecule has 0 unspecified atom stereocenters. The summed E-state index contributed by atoms with van der Waals surface area (Å²) in [6.07, 6.45) is 6.05. The second kappa shape index (κ2) is 8.26. The number of hydrogen-bond acceptors (Lipinski definition) is 0. The molecule has 6 rings (SSSR count). The molecule has 0 atom stereocenters. The number of benzene rings is 2. The summed E-state index contributed by atoms with van der Waals surface area (Å²) in [5.74, 6) is 0. The van der Waals surface area contributed by atoms with Crippen LogP contribution in [0.15, 0.2) is 73.3 Å². The van der Waals surface area contributed by atoms with Crippen molar-refractivity contribution < 1.29 is 22.3 Å². The van der Waals surface area contributed by atoms with E-state index >= 15 is 0 Å². The molecule has 2 aromatic heterocycles. The standard InChI is InChI=1S/C33H33F3N2/c1-6-7-14-37-15-12-21-23-17-27-24(18-26(23)31(2,3)28(21)19-37)22-13-16-38(20-29(22)32(27,4)5)30-11-9-8-10-25(30)33(34,35)36/h8-13,15-20H,6-7,14H2,1-5H3/q+2. The highest BCUT2D eigenvalue weighted by Crippen LogP contribution is 2.55. The molecule has 5 heteroatoms. The minimum atomic E-state index is -4.42. The third kappa shape index (κ3) is 3.54. The number of aryl methyl sites for hydroxylation is 1. The maximum atomic E-state index is 13.8. The third-order valence-corrected chi connectivity index (χ3v) is 8.67. The van der Waals surface area contributed by atoms with Crippen LogP contribution in [0.3, 0.4) is 0 Å². The number of para-hydroxylation sites is 1. The summed E-state index contributed by atoms with van der Waals surface area (Å²) in [4.78, 5) is 0. The molecule has 38 heavy (non-hydrogen) atoms. The highest BCUT2D eigenvalue weighted by molar-refractivity contribution is 5.88. The zero-order valence-electron chi connectivity index (χ0n) is 22.6. The fourth-order valence-corrected chi connectivity index (χ4v) is 6.44. The van der Waals surface area contributed by atoms with Crippen molar-refractivity contribution in [2.24, 2.45) is 0 Å². The lowest BCUT2D eigenvalue weighted by atomic mass is 9.79. The number of halogens is 3. The molecule has 0 saturated carbocycles. The van der Waals surface area contributed by atoms with Crippen LogP contribution in [-0.4, -0.2) is 0 Å². The Bertz CT molecular complexity index is 1590. The van der Waals surface area contributed by atoms with E-state index in [1.165, 1.54) is 45.5 Å². The highest BCUT2D eigenvalue weighted by atomic mass is 19.4. The Hall–Kier alpha value is -3.47. The van der Waals surface area contributed by atoms with Crippen LogP contribution in [0.25, 0.3) is 27.9 Å². The quantitative estimate of drug-likeness (QED) is 0.247. The Morgan fingerprint density at radius 3 is 1.89 bits per heavy atom. The van der Waals surface area contributed by atoms with Gasteiger partial charge in [-0.25, -0.2) is 4.57 Å². The Morgan fingerprint density at radius 1 is 0.711 bits per heavy atom. The number of alkyl halides is 3. The first kappa shape index (κ1) is 24.8. The first-order chi connectivity index (χ1) is 17.9. The fraction of sp³-hybridized carbons (Fsp3) is 0.333. The topological polar surface area (TPSA) is 7.76 Å². The molecule has 0 radical (unpaired) electrons. The Labute approximate surface area is 222 Å². The normalized spacial score (nSPS) is 16.1. The van der Waals surface area contributed by atoms with E-state index in [9.17, 15) is 13.2 Å². The zero-order chi connectivity index (χ0) is 27.0. The van der Waals surface area contributed by atoms with Gasteiger partial charge < -0.3 is 0 Å². The maximum absolute atomic E-state index is 13.8. The average molecular weight is 515 g/mol. The SMILES string of the molecule is CCCC[n+]1ccc2c(c1)C(C)(C)c1cc3c(cc1-2)C(C)(C)c1c[n+](-c2ccccc2C(F)(F)F)ccc1-3. The molecule has 0 saturated heterocycles. The molecule has 0 spiro atoms. The summed E-state index contributed by atoms with van der Waals surface area (Å²) < 4.78 is 45.3. The van der Waals surface area contributed by atoms with Gasteiger partial charge in [-0.2, -0.15) is 17.7 Å². The molecule has 2 aromatic carbocycles. The summed E-state index contributed by atoms with van der Waals surface area (Å²) in [7, 11) is 0. The number of pyridine rings is 2. The van der Waals surface area contributed by atoms with Crippen molar-refractivity contribution in [2.75, 3.05) is 0 Å². The van der Waals surface area contributed by atoms with Gasteiger partial charge in [0.2, 0.25) is 5.69 Å². The molecule has 194 valence electrons. The van der Waals surface area contributed by atoms with Crippen molar-refractivity contribution in [3.63, 3.8) is 0 Å². The lowest BCUT2D eigenvalue weighted by molar-refractivity contribution is -0.697. The van der Waals surface area contributed by atoms with Gasteiger partial charge in [-0.1, -0.05) is 53.2 Å². The van der Waals surface area contributed by atoms with E-state index in [1.807, 2.05) is 12.3 Å². The van der Waals surface area contributed by atoms with Crippen LogP contribution in [0.2, 0.25) is 0 Å². The van der Waals surface area contributed by atoms with Gasteiger partial charge in [0.25, 0.3) is 0 Å². The van der Waals surface area contributed by atoms with Gasteiger partial charge in [0.1, 0.15) is 12.1 Å². The number of fused-ring (bicyclic) bond motifs is 6. The van der Waals surface area contributed by atoms with Gasteiger partial charge in [0.05, 0.1) is 0 Å². The average Bonchev–Trinajstić information content (AvgIpc) is 3.24.